The minimum atomic E-state index is -1.03. The first-order valence-electron chi connectivity index (χ1n) is 10.5. The van der Waals surface area contributed by atoms with Crippen molar-refractivity contribution in [3.63, 3.8) is 0 Å². The molecule has 3 aromatic carbocycles. The van der Waals surface area contributed by atoms with Crippen LogP contribution in [0.25, 0.3) is 10.4 Å². The number of carbonyl (C=O) groups excluding carboxylic acids is 1. The smallest absolute Gasteiger partial charge is 0.335 e. The van der Waals surface area contributed by atoms with Gasteiger partial charge in [-0.1, -0.05) is 41.7 Å². The summed E-state index contributed by atoms with van der Waals surface area (Å²) in [6.07, 6.45) is 2.32. The normalized spacial score (nSPS) is 10.5. The van der Waals surface area contributed by atoms with Crippen LogP contribution in [-0.4, -0.2) is 35.7 Å². The maximum absolute atomic E-state index is 12.5. The lowest BCUT2D eigenvalue weighted by Crippen LogP contribution is -2.11. The van der Waals surface area contributed by atoms with Gasteiger partial charge in [0.15, 0.2) is 5.13 Å². The third-order valence-corrected chi connectivity index (χ3v) is 6.01. The molecule has 1 amide bonds. The van der Waals surface area contributed by atoms with Gasteiger partial charge in [0, 0.05) is 23.7 Å². The summed E-state index contributed by atoms with van der Waals surface area (Å²) in [7, 11) is 1.56. The highest BCUT2D eigenvalue weighted by Crippen LogP contribution is 2.36. The Balaban J connectivity index is 1.51. The molecular formula is C26H22N2O5S. The highest BCUT2D eigenvalue weighted by molar-refractivity contribution is 7.19. The van der Waals surface area contributed by atoms with Crippen LogP contribution < -0.4 is 14.8 Å². The Labute approximate surface area is 200 Å². The molecule has 0 saturated heterocycles. The molecule has 0 unspecified atom stereocenters. The fourth-order valence-electron chi connectivity index (χ4n) is 3.27. The predicted octanol–water partition coefficient (Wildman–Crippen LogP) is 5.39. The van der Waals surface area contributed by atoms with Crippen LogP contribution in [0.4, 0.5) is 5.13 Å². The van der Waals surface area contributed by atoms with Gasteiger partial charge in [-0.15, -0.1) is 0 Å². The van der Waals surface area contributed by atoms with Crippen molar-refractivity contribution in [2.75, 3.05) is 19.0 Å². The zero-order valence-corrected chi connectivity index (χ0v) is 19.2. The number of ether oxygens (including phenoxy) is 2. The summed E-state index contributed by atoms with van der Waals surface area (Å²) in [4.78, 5) is 29.1. The number of anilines is 1. The van der Waals surface area contributed by atoms with Gasteiger partial charge < -0.3 is 14.6 Å². The van der Waals surface area contributed by atoms with Crippen LogP contribution in [0.1, 0.15) is 26.3 Å². The second-order valence-corrected chi connectivity index (χ2v) is 8.34. The van der Waals surface area contributed by atoms with Gasteiger partial charge in [-0.2, -0.15) is 0 Å². The highest BCUT2D eigenvalue weighted by atomic mass is 32.1. The Morgan fingerprint density at radius 3 is 2.44 bits per heavy atom. The van der Waals surface area contributed by atoms with Crippen molar-refractivity contribution in [1.82, 2.24) is 4.98 Å². The lowest BCUT2D eigenvalue weighted by molar-refractivity contribution is 0.0696. The second kappa shape index (κ2) is 10.6. The average molecular weight is 475 g/mol. The van der Waals surface area contributed by atoms with Crippen molar-refractivity contribution < 1.29 is 24.2 Å². The van der Waals surface area contributed by atoms with Crippen molar-refractivity contribution in [2.24, 2.45) is 0 Å². The van der Waals surface area contributed by atoms with E-state index in [9.17, 15) is 14.7 Å². The minimum Gasteiger partial charge on any atom is -0.497 e. The van der Waals surface area contributed by atoms with Crippen molar-refractivity contribution in [1.29, 1.82) is 0 Å². The molecule has 7 nitrogen and oxygen atoms in total. The van der Waals surface area contributed by atoms with Crippen molar-refractivity contribution in [3.8, 4) is 21.9 Å². The van der Waals surface area contributed by atoms with Crippen molar-refractivity contribution in [2.45, 2.75) is 6.42 Å². The number of rotatable bonds is 9. The fourth-order valence-corrected chi connectivity index (χ4v) is 4.11. The summed E-state index contributed by atoms with van der Waals surface area (Å²) in [6.45, 7) is 0.389. The molecule has 34 heavy (non-hydrogen) atoms. The van der Waals surface area contributed by atoms with Gasteiger partial charge in [0.25, 0.3) is 5.91 Å². The summed E-state index contributed by atoms with van der Waals surface area (Å²) in [5.74, 6) is -0.203. The van der Waals surface area contributed by atoms with E-state index in [1.165, 1.54) is 23.5 Å². The first-order valence-corrected chi connectivity index (χ1v) is 11.3. The van der Waals surface area contributed by atoms with Gasteiger partial charge in [-0.05, 0) is 48.0 Å². The van der Waals surface area contributed by atoms with Crippen LogP contribution in [0.5, 0.6) is 11.5 Å². The summed E-state index contributed by atoms with van der Waals surface area (Å²) in [5, 5.41) is 12.6. The van der Waals surface area contributed by atoms with E-state index in [-0.39, 0.29) is 11.5 Å². The molecule has 0 spiro atoms. The Hall–Kier alpha value is -4.17. The van der Waals surface area contributed by atoms with E-state index >= 15 is 0 Å². The van der Waals surface area contributed by atoms with Gasteiger partial charge >= 0.3 is 5.97 Å². The molecule has 0 saturated carbocycles. The summed E-state index contributed by atoms with van der Waals surface area (Å²) < 4.78 is 11.1. The molecule has 0 fully saturated rings. The van der Waals surface area contributed by atoms with Crippen LogP contribution in [0.3, 0.4) is 0 Å². The van der Waals surface area contributed by atoms with Gasteiger partial charge in [-0.25, -0.2) is 9.78 Å². The molecule has 0 aliphatic carbocycles. The second-order valence-electron chi connectivity index (χ2n) is 7.31. The average Bonchev–Trinajstić information content (AvgIpc) is 3.32. The first kappa shape index (κ1) is 23.0. The van der Waals surface area contributed by atoms with Crippen molar-refractivity contribution in [3.05, 3.63) is 95.7 Å². The number of hydrogen-bond donors (Lipinski definition) is 2. The zero-order chi connectivity index (χ0) is 23.9. The third-order valence-electron chi connectivity index (χ3n) is 5.06. The number of aromatic nitrogens is 1. The number of methoxy groups -OCH3 is 1. The molecule has 0 bridgehead atoms. The molecule has 0 aliphatic heterocycles. The number of carboxylic acids is 1. The number of nitrogens with zero attached hydrogens (tertiary/aromatic N) is 1. The lowest BCUT2D eigenvalue weighted by atomic mass is 10.1. The standard InChI is InChI=1S/C26H22N2O5S/c1-32-20-10-7-18(8-11-20)24(29)28-26-27-16-23(34-26)21-12-9-19(25(30)31)15-22(21)33-14-13-17-5-3-2-4-6-17/h2-12,15-16H,13-14H2,1H3,(H,30,31)(H,27,28,29). The molecule has 0 radical (unpaired) electrons. The molecule has 1 aromatic heterocycles. The number of nitrogens with one attached hydrogen (secondary N) is 1. The van der Waals surface area contributed by atoms with E-state index in [2.05, 4.69) is 10.3 Å². The summed E-state index contributed by atoms with van der Waals surface area (Å²) in [5.41, 5.74) is 2.45. The Morgan fingerprint density at radius 2 is 1.74 bits per heavy atom. The van der Waals surface area contributed by atoms with Gasteiger partial charge in [0.2, 0.25) is 0 Å². The monoisotopic (exact) mass is 474 g/mol. The Bertz CT molecular complexity index is 1290. The van der Waals surface area contributed by atoms with Gasteiger partial charge in [-0.3, -0.25) is 10.1 Å². The fraction of sp³-hybridized carbons (Fsp3) is 0.115. The number of carboxylic acid groups (broad SMARTS) is 1. The van der Waals surface area contributed by atoms with Crippen LogP contribution >= 0.6 is 11.3 Å². The quantitative estimate of drug-likeness (QED) is 0.338. The summed E-state index contributed by atoms with van der Waals surface area (Å²) in [6, 6.07) is 21.4. The predicted molar refractivity (Wildman–Crippen MR) is 131 cm³/mol. The molecular weight excluding hydrogens is 452 g/mol. The third kappa shape index (κ3) is 5.60. The van der Waals surface area contributed by atoms with E-state index in [0.29, 0.717) is 40.8 Å². The zero-order valence-electron chi connectivity index (χ0n) is 18.4. The molecule has 172 valence electrons. The maximum atomic E-state index is 12.5. The first-order chi connectivity index (χ1) is 16.5. The maximum Gasteiger partial charge on any atom is 0.335 e. The van der Waals surface area contributed by atoms with E-state index in [0.717, 1.165) is 10.4 Å². The highest BCUT2D eigenvalue weighted by Gasteiger charge is 2.15. The number of thiazole rings is 1. The molecule has 0 aliphatic rings. The molecule has 2 N–H and O–H groups in total. The molecule has 1 heterocycles. The van der Waals surface area contributed by atoms with E-state index in [1.54, 1.807) is 43.6 Å². The number of benzene rings is 3. The number of carbonyl (C=O) groups is 2. The lowest BCUT2D eigenvalue weighted by Gasteiger charge is -2.11. The Kier molecular flexibility index (Phi) is 7.19. The molecule has 0 atom stereocenters. The topological polar surface area (TPSA) is 97.8 Å². The van der Waals surface area contributed by atoms with Crippen LogP contribution in [0.15, 0.2) is 79.0 Å². The largest absolute Gasteiger partial charge is 0.497 e. The van der Waals surface area contributed by atoms with Gasteiger partial charge in [0.05, 0.1) is 24.2 Å². The van der Waals surface area contributed by atoms with Gasteiger partial charge in [0.1, 0.15) is 11.5 Å². The van der Waals surface area contributed by atoms with E-state index < -0.39 is 5.97 Å². The van der Waals surface area contributed by atoms with Crippen LogP contribution in [0.2, 0.25) is 0 Å². The molecule has 4 aromatic rings. The Morgan fingerprint density at radius 1 is 1.00 bits per heavy atom. The number of hydrogen-bond acceptors (Lipinski definition) is 6. The number of aromatic carboxylic acids is 1. The number of amides is 1. The minimum absolute atomic E-state index is 0.135. The summed E-state index contributed by atoms with van der Waals surface area (Å²) >= 11 is 1.28. The van der Waals surface area contributed by atoms with E-state index in [1.807, 2.05) is 30.3 Å². The van der Waals surface area contributed by atoms with E-state index in [4.69, 9.17) is 9.47 Å². The SMILES string of the molecule is COc1ccc(C(=O)Nc2ncc(-c3ccc(C(=O)O)cc3OCCc3ccccc3)s2)cc1. The van der Waals surface area contributed by atoms with Crippen molar-refractivity contribution >= 4 is 28.3 Å². The molecule has 4 rings (SSSR count). The van der Waals surface area contributed by atoms with Crippen LogP contribution in [0, 0.1) is 0 Å². The molecule has 8 heteroatoms. The van der Waals surface area contributed by atoms with Crippen LogP contribution in [-0.2, 0) is 6.42 Å².